The molecule has 2 aromatic rings. The number of hydrogen-bond donors (Lipinski definition) is 4. The van der Waals surface area contributed by atoms with Gasteiger partial charge in [0.1, 0.15) is 12.4 Å². The van der Waals surface area contributed by atoms with Crippen LogP contribution in [0.5, 0.6) is 0 Å². The van der Waals surface area contributed by atoms with Crippen LogP contribution in [0.2, 0.25) is 0 Å². The molecule has 1 saturated heterocycles. The number of nitrogens with zero attached hydrogens (tertiary/aromatic N) is 1. The lowest BCUT2D eigenvalue weighted by Crippen LogP contribution is -2.47. The zero-order chi connectivity index (χ0) is 34.3. The number of piperidine rings is 1. The van der Waals surface area contributed by atoms with Gasteiger partial charge in [-0.3, -0.25) is 4.79 Å². The number of aliphatic carboxylic acids is 2. The maximum atomic E-state index is 11.6. The van der Waals surface area contributed by atoms with Gasteiger partial charge in [0.15, 0.2) is 5.78 Å². The van der Waals surface area contributed by atoms with Crippen molar-refractivity contribution in [3.63, 3.8) is 0 Å². The van der Waals surface area contributed by atoms with E-state index < -0.39 is 35.8 Å². The third-order valence-corrected chi connectivity index (χ3v) is 9.16. The highest BCUT2D eigenvalue weighted by Crippen LogP contribution is 2.47. The largest absolute Gasteiger partial charge is 0.478 e. The van der Waals surface area contributed by atoms with Gasteiger partial charge in [-0.15, -0.1) is 0 Å². The molecule has 2 aromatic carbocycles. The minimum Gasteiger partial charge on any atom is -0.478 e. The van der Waals surface area contributed by atoms with E-state index >= 15 is 0 Å². The summed E-state index contributed by atoms with van der Waals surface area (Å²) in [7, 11) is 2.22. The average molecular weight is 662 g/mol. The number of fused-ring (bicyclic) bond motifs is 2. The monoisotopic (exact) mass is 661 g/mol. The number of carboxylic acids is 2. The third-order valence-electron chi connectivity index (χ3n) is 8.01. The first-order valence-electron chi connectivity index (χ1n) is 15.7. The van der Waals surface area contributed by atoms with Gasteiger partial charge in [0.2, 0.25) is 0 Å². The summed E-state index contributed by atoms with van der Waals surface area (Å²) in [4.78, 5) is 46.9. The van der Waals surface area contributed by atoms with Crippen LogP contribution in [-0.4, -0.2) is 81.7 Å². The van der Waals surface area contributed by atoms with Crippen molar-refractivity contribution in [3.8, 4) is 0 Å². The molecule has 4 N–H and O–H groups in total. The van der Waals surface area contributed by atoms with Gasteiger partial charge in [-0.25, -0.2) is 9.59 Å². The lowest BCUT2D eigenvalue weighted by molar-refractivity contribution is -0.146. The Kier molecular flexibility index (Phi) is 15.0. The number of likely N-dealkylation sites (tertiary alicyclic amines) is 1. The Hall–Kier alpha value is -4.09. The number of aldehydes is 1. The molecule has 9 nitrogen and oxygen atoms in total. The molecular formula is C37H43NO8S. The van der Waals surface area contributed by atoms with E-state index in [0.29, 0.717) is 18.4 Å². The summed E-state index contributed by atoms with van der Waals surface area (Å²) in [5.74, 6) is -4.28. The first kappa shape index (κ1) is 37.4. The van der Waals surface area contributed by atoms with Crippen molar-refractivity contribution < 1.29 is 39.6 Å². The van der Waals surface area contributed by atoms with Gasteiger partial charge in [0.05, 0.1) is 12.0 Å². The molecule has 250 valence electrons. The van der Waals surface area contributed by atoms with E-state index in [2.05, 4.69) is 67.4 Å². The van der Waals surface area contributed by atoms with E-state index in [1.807, 2.05) is 23.9 Å². The Morgan fingerprint density at radius 3 is 1.98 bits per heavy atom. The van der Waals surface area contributed by atoms with Gasteiger partial charge in [0, 0.05) is 35.0 Å². The van der Waals surface area contributed by atoms with Crippen molar-refractivity contribution in [3.05, 3.63) is 102 Å². The molecule has 0 aromatic heterocycles. The molecule has 2 heterocycles. The number of aliphatic hydroxyl groups excluding tert-OH is 2. The highest BCUT2D eigenvalue weighted by Gasteiger charge is 2.41. The van der Waals surface area contributed by atoms with Crippen LogP contribution in [0.1, 0.15) is 50.2 Å². The molecule has 4 atom stereocenters. The van der Waals surface area contributed by atoms with E-state index in [1.54, 1.807) is 17.7 Å². The van der Waals surface area contributed by atoms with Crippen molar-refractivity contribution in [2.24, 2.45) is 11.8 Å². The van der Waals surface area contributed by atoms with Crippen molar-refractivity contribution in [2.45, 2.75) is 61.0 Å². The lowest BCUT2D eigenvalue weighted by Gasteiger charge is -2.31. The number of ketones is 1. The maximum absolute atomic E-state index is 11.6. The molecule has 0 radical (unpaired) electrons. The van der Waals surface area contributed by atoms with E-state index in [1.165, 1.54) is 52.4 Å². The minimum absolute atomic E-state index is 0.231. The second-order valence-electron chi connectivity index (χ2n) is 11.5. The van der Waals surface area contributed by atoms with Crippen LogP contribution in [0.4, 0.5) is 0 Å². The Morgan fingerprint density at radius 1 is 0.915 bits per heavy atom. The van der Waals surface area contributed by atoms with Crippen molar-refractivity contribution in [1.82, 2.24) is 4.90 Å². The van der Waals surface area contributed by atoms with E-state index in [9.17, 15) is 29.4 Å². The number of carbonyl (C=O) groups is 4. The van der Waals surface area contributed by atoms with E-state index in [4.69, 9.17) is 10.2 Å². The van der Waals surface area contributed by atoms with Crippen molar-refractivity contribution in [2.75, 3.05) is 20.1 Å². The van der Waals surface area contributed by atoms with Crippen LogP contribution in [0.15, 0.2) is 100 Å². The fraction of sp³-hybridized carbons (Fsp3) is 0.351. The number of hydrogen-bond acceptors (Lipinski definition) is 8. The number of allylic oxidation sites excluding steroid dienone is 4. The highest BCUT2D eigenvalue weighted by atomic mass is 32.2. The smallest absolute Gasteiger partial charge is 0.328 e. The van der Waals surface area contributed by atoms with Gasteiger partial charge in [-0.2, -0.15) is 0 Å². The Morgan fingerprint density at radius 2 is 1.47 bits per heavy atom. The first-order valence-corrected chi connectivity index (χ1v) is 16.5. The molecule has 0 bridgehead atoms. The van der Waals surface area contributed by atoms with Gasteiger partial charge in [-0.05, 0) is 67.5 Å². The maximum Gasteiger partial charge on any atom is 0.328 e. The standard InChI is InChI=1S/C19H19NS.C14H20O4.C4H4O4/c1-20-12-10-14(11-13-20)19-15-6-2-4-8-17(15)21-18-9-5-3-7-16(18)19;1-2-3-4-5-6-7-10-8-12(16)14(18)13(17)11(10)9-15;5-3(6)1-2-4(7)8/h2-9H,10-13H2,1H3;4-7,9-12,14,16,18H,2-3,8H2,1H3;1-2H,(H,5,6)(H,7,8). The zero-order valence-electron chi connectivity index (χ0n) is 26.7. The molecule has 10 heteroatoms. The third kappa shape index (κ3) is 11.0. The van der Waals surface area contributed by atoms with Gasteiger partial charge < -0.3 is 30.1 Å². The van der Waals surface area contributed by atoms with E-state index in [0.717, 1.165) is 12.8 Å². The molecule has 1 aliphatic carbocycles. The molecule has 4 unspecified atom stereocenters. The average Bonchev–Trinajstić information content (AvgIpc) is 3.06. The van der Waals surface area contributed by atoms with Crippen LogP contribution in [0, 0.1) is 11.8 Å². The summed E-state index contributed by atoms with van der Waals surface area (Å²) >= 11 is 1.91. The zero-order valence-corrected chi connectivity index (χ0v) is 27.5. The molecule has 47 heavy (non-hydrogen) atoms. The van der Waals surface area contributed by atoms with Crippen LogP contribution in [-0.2, 0) is 19.2 Å². The van der Waals surface area contributed by atoms with Crippen LogP contribution >= 0.6 is 11.8 Å². The van der Waals surface area contributed by atoms with Crippen LogP contribution in [0.25, 0.3) is 5.57 Å². The normalized spacial score (nSPS) is 22.6. The Bertz CT molecular complexity index is 1450. The quantitative estimate of drug-likeness (QED) is 0.112. The molecule has 1 saturated carbocycles. The topological polar surface area (TPSA) is 152 Å². The molecule has 2 aliphatic heterocycles. The number of unbranched alkanes of at least 4 members (excludes halogenated alkanes) is 1. The SMILES string of the molecule is CCCC=CC=CC1CC(O)C(O)C(=O)C1C=O.CN1CCC(=C2c3ccccc3Sc3ccccc32)CC1.O=C(O)C=CC(=O)O. The predicted octanol–water partition coefficient (Wildman–Crippen LogP) is 5.42. The molecule has 0 spiro atoms. The van der Waals surface area contributed by atoms with Crippen molar-refractivity contribution >= 4 is 41.3 Å². The number of carboxylic acid groups (broad SMARTS) is 2. The number of rotatable bonds is 7. The fourth-order valence-corrected chi connectivity index (χ4v) is 6.61. The summed E-state index contributed by atoms with van der Waals surface area (Å²) in [6, 6.07) is 17.7. The Balaban J connectivity index is 0.000000211. The minimum atomic E-state index is -1.43. The molecule has 2 fully saturated rings. The lowest BCUT2D eigenvalue weighted by atomic mass is 9.76. The molecular weight excluding hydrogens is 618 g/mol. The van der Waals surface area contributed by atoms with E-state index in [-0.39, 0.29) is 12.3 Å². The summed E-state index contributed by atoms with van der Waals surface area (Å²) in [5.41, 5.74) is 6.00. The molecule has 5 rings (SSSR count). The number of benzene rings is 2. The van der Waals surface area contributed by atoms with Gasteiger partial charge in [0.25, 0.3) is 0 Å². The van der Waals surface area contributed by atoms with Gasteiger partial charge >= 0.3 is 11.9 Å². The summed E-state index contributed by atoms with van der Waals surface area (Å²) in [6.07, 6.45) is 11.2. The molecule has 0 amide bonds. The second kappa shape index (κ2) is 18.9. The number of aliphatic hydroxyl groups is 2. The number of Topliss-reactive ketones (excluding diaryl/α,β-unsaturated/α-hetero) is 1. The first-order chi connectivity index (χ1) is 22.6. The highest BCUT2D eigenvalue weighted by molar-refractivity contribution is 7.99. The Labute approximate surface area is 280 Å². The number of carbonyl (C=O) groups excluding carboxylic acids is 2. The second-order valence-corrected chi connectivity index (χ2v) is 12.5. The summed E-state index contributed by atoms with van der Waals surface area (Å²) < 4.78 is 0. The van der Waals surface area contributed by atoms with Gasteiger partial charge in [-0.1, -0.05) is 91.4 Å². The molecule has 3 aliphatic rings. The summed E-state index contributed by atoms with van der Waals surface area (Å²) in [5, 5.41) is 34.6. The predicted molar refractivity (Wildman–Crippen MR) is 182 cm³/mol. The van der Waals surface area contributed by atoms with Crippen LogP contribution < -0.4 is 0 Å². The fourth-order valence-electron chi connectivity index (χ4n) is 5.52. The van der Waals surface area contributed by atoms with Crippen molar-refractivity contribution in [1.29, 1.82) is 0 Å². The summed E-state index contributed by atoms with van der Waals surface area (Å²) in [6.45, 7) is 4.43. The van der Waals surface area contributed by atoms with Crippen LogP contribution in [0.3, 0.4) is 0 Å².